The summed E-state index contributed by atoms with van der Waals surface area (Å²) in [6.07, 6.45) is -3.76. The lowest BCUT2D eigenvalue weighted by Gasteiger charge is -2.38. The van der Waals surface area contributed by atoms with Crippen LogP contribution in [0.1, 0.15) is 33.1 Å². The second-order valence-electron chi connectivity index (χ2n) is 5.12. The van der Waals surface area contributed by atoms with Gasteiger partial charge in [0.15, 0.2) is 0 Å². The number of piperazine rings is 1. The smallest absolute Gasteiger partial charge is 0.314 e. The van der Waals surface area contributed by atoms with E-state index < -0.39 is 12.6 Å². The first-order valence-electron chi connectivity index (χ1n) is 6.41. The molecule has 0 spiro atoms. The Bertz CT molecular complexity index is 216. The zero-order valence-electron chi connectivity index (χ0n) is 10.7. The van der Waals surface area contributed by atoms with Gasteiger partial charge in [-0.2, -0.15) is 13.2 Å². The zero-order valence-corrected chi connectivity index (χ0v) is 10.7. The number of alkyl halides is 3. The van der Waals surface area contributed by atoms with Gasteiger partial charge in [0.1, 0.15) is 0 Å². The second-order valence-corrected chi connectivity index (χ2v) is 5.12. The van der Waals surface area contributed by atoms with Gasteiger partial charge in [0.2, 0.25) is 0 Å². The van der Waals surface area contributed by atoms with Crippen LogP contribution in [0.2, 0.25) is 0 Å². The highest BCUT2D eigenvalue weighted by Gasteiger charge is 2.27. The van der Waals surface area contributed by atoms with Crippen LogP contribution in [0, 0.1) is 5.92 Å². The Kier molecular flexibility index (Phi) is 5.73. The summed E-state index contributed by atoms with van der Waals surface area (Å²) in [4.78, 5) is 2.33. The first-order valence-corrected chi connectivity index (χ1v) is 6.41. The minimum atomic E-state index is -4.00. The van der Waals surface area contributed by atoms with E-state index in [2.05, 4.69) is 24.1 Å². The Labute approximate surface area is 102 Å². The Balaban J connectivity index is 2.24. The SMILES string of the molecule is CC(C)C1CNCCN1CCCCC(F)(F)F. The van der Waals surface area contributed by atoms with Crippen LogP contribution in [0.3, 0.4) is 0 Å². The van der Waals surface area contributed by atoms with Gasteiger partial charge in [-0.15, -0.1) is 0 Å². The average Bonchev–Trinajstić information content (AvgIpc) is 2.23. The van der Waals surface area contributed by atoms with Gasteiger partial charge < -0.3 is 5.32 Å². The minimum absolute atomic E-state index is 0.248. The molecule has 1 rings (SSSR count). The van der Waals surface area contributed by atoms with E-state index in [0.29, 0.717) is 18.4 Å². The summed E-state index contributed by atoms with van der Waals surface area (Å²) >= 11 is 0. The van der Waals surface area contributed by atoms with Crippen molar-refractivity contribution in [3.8, 4) is 0 Å². The Morgan fingerprint density at radius 3 is 2.59 bits per heavy atom. The molecular formula is C12H23F3N2. The van der Waals surface area contributed by atoms with Gasteiger partial charge in [0, 0.05) is 32.1 Å². The highest BCUT2D eigenvalue weighted by atomic mass is 19.4. The number of hydrogen-bond donors (Lipinski definition) is 1. The summed E-state index contributed by atoms with van der Waals surface area (Å²) in [6, 6.07) is 0.467. The second kappa shape index (κ2) is 6.59. The lowest BCUT2D eigenvalue weighted by Crippen LogP contribution is -2.53. The Morgan fingerprint density at radius 1 is 1.29 bits per heavy atom. The largest absolute Gasteiger partial charge is 0.389 e. The molecule has 0 radical (unpaired) electrons. The van der Waals surface area contributed by atoms with Crippen molar-refractivity contribution in [3.05, 3.63) is 0 Å². The third-order valence-corrected chi connectivity index (χ3v) is 3.32. The van der Waals surface area contributed by atoms with Crippen molar-refractivity contribution in [1.29, 1.82) is 0 Å². The van der Waals surface area contributed by atoms with Crippen molar-refractivity contribution in [1.82, 2.24) is 10.2 Å². The maximum Gasteiger partial charge on any atom is 0.389 e. The van der Waals surface area contributed by atoms with Gasteiger partial charge in [-0.3, -0.25) is 4.90 Å². The molecule has 0 aromatic carbocycles. The molecule has 1 fully saturated rings. The van der Waals surface area contributed by atoms with Crippen LogP contribution < -0.4 is 5.32 Å². The van der Waals surface area contributed by atoms with Crippen LogP contribution in [0.4, 0.5) is 13.2 Å². The Hall–Kier alpha value is -0.290. The highest BCUT2D eigenvalue weighted by molar-refractivity contribution is 4.81. The van der Waals surface area contributed by atoms with Crippen molar-refractivity contribution in [2.45, 2.75) is 45.3 Å². The fraction of sp³-hybridized carbons (Fsp3) is 1.00. The van der Waals surface area contributed by atoms with Gasteiger partial charge in [-0.25, -0.2) is 0 Å². The summed E-state index contributed by atoms with van der Waals surface area (Å²) in [5, 5.41) is 3.34. The number of hydrogen-bond acceptors (Lipinski definition) is 2. The molecule has 1 atom stereocenters. The van der Waals surface area contributed by atoms with E-state index >= 15 is 0 Å². The maximum absolute atomic E-state index is 12.0. The first kappa shape index (κ1) is 14.8. The van der Waals surface area contributed by atoms with Crippen LogP contribution in [-0.2, 0) is 0 Å². The number of nitrogens with zero attached hydrogens (tertiary/aromatic N) is 1. The molecule has 5 heteroatoms. The van der Waals surface area contributed by atoms with Gasteiger partial charge >= 0.3 is 6.18 Å². The third kappa shape index (κ3) is 5.73. The summed E-state index contributed by atoms with van der Waals surface area (Å²) in [5.74, 6) is 0.547. The molecule has 0 aromatic heterocycles. The molecule has 2 nitrogen and oxygen atoms in total. The van der Waals surface area contributed by atoms with Crippen LogP contribution in [-0.4, -0.2) is 43.3 Å². The molecule has 1 unspecified atom stereocenters. The molecule has 0 aromatic rings. The fourth-order valence-corrected chi connectivity index (χ4v) is 2.34. The van der Waals surface area contributed by atoms with E-state index in [1.54, 1.807) is 0 Å². The average molecular weight is 252 g/mol. The summed E-state index contributed by atoms with van der Waals surface area (Å²) in [6.45, 7) is 7.98. The molecule has 0 amide bonds. The van der Waals surface area contributed by atoms with Gasteiger partial charge in [-0.1, -0.05) is 13.8 Å². The van der Waals surface area contributed by atoms with Gasteiger partial charge in [-0.05, 0) is 25.3 Å². The lowest BCUT2D eigenvalue weighted by molar-refractivity contribution is -0.135. The predicted octanol–water partition coefficient (Wildman–Crippen LogP) is 2.65. The normalized spacial score (nSPS) is 23.3. The van der Waals surface area contributed by atoms with Crippen molar-refractivity contribution in [2.24, 2.45) is 5.92 Å². The molecule has 1 aliphatic rings. The summed E-state index contributed by atoms with van der Waals surface area (Å²) in [5.41, 5.74) is 0. The maximum atomic E-state index is 12.0. The number of rotatable bonds is 5. The van der Waals surface area contributed by atoms with E-state index in [1.807, 2.05) is 0 Å². The molecule has 17 heavy (non-hydrogen) atoms. The number of nitrogens with one attached hydrogen (secondary N) is 1. The minimum Gasteiger partial charge on any atom is -0.314 e. The molecule has 1 heterocycles. The monoisotopic (exact) mass is 252 g/mol. The molecule has 1 saturated heterocycles. The highest BCUT2D eigenvalue weighted by Crippen LogP contribution is 2.22. The number of unbranched alkanes of at least 4 members (excludes halogenated alkanes) is 1. The van der Waals surface area contributed by atoms with Crippen LogP contribution in [0.15, 0.2) is 0 Å². The van der Waals surface area contributed by atoms with Crippen LogP contribution in [0.5, 0.6) is 0 Å². The van der Waals surface area contributed by atoms with Crippen molar-refractivity contribution < 1.29 is 13.2 Å². The van der Waals surface area contributed by atoms with E-state index in [-0.39, 0.29) is 6.42 Å². The van der Waals surface area contributed by atoms with E-state index in [4.69, 9.17) is 0 Å². The molecule has 0 bridgehead atoms. The molecule has 0 saturated carbocycles. The van der Waals surface area contributed by atoms with E-state index in [1.165, 1.54) is 0 Å². The predicted molar refractivity (Wildman–Crippen MR) is 63.0 cm³/mol. The van der Waals surface area contributed by atoms with Crippen molar-refractivity contribution in [2.75, 3.05) is 26.2 Å². The van der Waals surface area contributed by atoms with Crippen LogP contribution >= 0.6 is 0 Å². The molecule has 1 N–H and O–H groups in total. The number of halogens is 3. The first-order chi connectivity index (χ1) is 7.90. The molecule has 0 aliphatic carbocycles. The van der Waals surface area contributed by atoms with Crippen LogP contribution in [0.25, 0.3) is 0 Å². The summed E-state index contributed by atoms with van der Waals surface area (Å²) in [7, 11) is 0. The van der Waals surface area contributed by atoms with E-state index in [0.717, 1.165) is 26.2 Å². The topological polar surface area (TPSA) is 15.3 Å². The zero-order chi connectivity index (χ0) is 12.9. The lowest BCUT2D eigenvalue weighted by atomic mass is 10.00. The summed E-state index contributed by atoms with van der Waals surface area (Å²) < 4.78 is 36.0. The molecular weight excluding hydrogens is 229 g/mol. The van der Waals surface area contributed by atoms with Crippen molar-refractivity contribution >= 4 is 0 Å². The quantitative estimate of drug-likeness (QED) is 0.757. The van der Waals surface area contributed by atoms with Crippen molar-refractivity contribution in [3.63, 3.8) is 0 Å². The Morgan fingerprint density at radius 2 is 2.00 bits per heavy atom. The fourth-order valence-electron chi connectivity index (χ4n) is 2.34. The van der Waals surface area contributed by atoms with Gasteiger partial charge in [0.05, 0.1) is 0 Å². The van der Waals surface area contributed by atoms with E-state index in [9.17, 15) is 13.2 Å². The van der Waals surface area contributed by atoms with Gasteiger partial charge in [0.25, 0.3) is 0 Å². The third-order valence-electron chi connectivity index (χ3n) is 3.32. The molecule has 102 valence electrons. The molecule has 1 aliphatic heterocycles. The standard InChI is InChI=1S/C12H23F3N2/c1-10(2)11-9-16-6-8-17(11)7-4-3-5-12(13,14)15/h10-11,16H,3-9H2,1-2H3.